The molecule has 4 aromatic rings. The van der Waals surface area contributed by atoms with E-state index in [-0.39, 0.29) is 45.8 Å². The average Bonchev–Trinajstić information content (AvgIpc) is 3.10. The van der Waals surface area contributed by atoms with Gasteiger partial charge in [-0.05, 0) is 38.1 Å². The molecule has 0 aliphatic heterocycles. The standard InChI is InChI=1S/C27H23ClFN5O5/c1-15(35)13-22(36)32-25-24(28)21(11-12-30-25)39-20-10-9-17(14-19(20)29)31-26(37)23-16(2)33(3)34(27(23)38)18-7-5-4-6-8-18/h4-12,14H,13H2,1-3H3,(H,31,37)(H,30,32,36). The first-order chi connectivity index (χ1) is 18.6. The number of rotatable bonds is 8. The molecule has 2 aromatic carbocycles. The summed E-state index contributed by atoms with van der Waals surface area (Å²) in [4.78, 5) is 53.0. The Hall–Kier alpha value is -4.77. The number of ether oxygens (including phenoxy) is 1. The van der Waals surface area contributed by atoms with E-state index in [1.807, 2.05) is 6.07 Å². The van der Waals surface area contributed by atoms with Crippen LogP contribution in [0.1, 0.15) is 29.4 Å². The van der Waals surface area contributed by atoms with Crippen molar-refractivity contribution in [3.63, 3.8) is 0 Å². The highest BCUT2D eigenvalue weighted by atomic mass is 35.5. The fraction of sp³-hybridized carbons (Fsp3) is 0.148. The molecule has 0 spiro atoms. The third-order valence-corrected chi connectivity index (χ3v) is 6.08. The number of aromatic nitrogens is 3. The minimum Gasteiger partial charge on any atom is -0.453 e. The number of amides is 2. The van der Waals surface area contributed by atoms with Gasteiger partial charge in [0.2, 0.25) is 5.91 Å². The van der Waals surface area contributed by atoms with Gasteiger partial charge < -0.3 is 15.4 Å². The second-order valence-corrected chi connectivity index (χ2v) is 8.91. The van der Waals surface area contributed by atoms with Crippen LogP contribution < -0.4 is 20.9 Å². The highest BCUT2D eigenvalue weighted by Crippen LogP contribution is 2.35. The van der Waals surface area contributed by atoms with Gasteiger partial charge in [-0.2, -0.15) is 0 Å². The lowest BCUT2D eigenvalue weighted by molar-refractivity contribution is -0.124. The largest absolute Gasteiger partial charge is 0.453 e. The van der Waals surface area contributed by atoms with Crippen molar-refractivity contribution in [2.24, 2.45) is 7.05 Å². The predicted octanol–water partition coefficient (Wildman–Crippen LogP) is 4.63. The Bertz CT molecular complexity index is 1650. The first kappa shape index (κ1) is 27.3. The zero-order chi connectivity index (χ0) is 28.3. The van der Waals surface area contributed by atoms with Crippen molar-refractivity contribution in [2.75, 3.05) is 10.6 Å². The van der Waals surface area contributed by atoms with E-state index in [0.717, 1.165) is 6.07 Å². The lowest BCUT2D eigenvalue weighted by Crippen LogP contribution is -2.25. The summed E-state index contributed by atoms with van der Waals surface area (Å²) in [5.74, 6) is -2.73. The summed E-state index contributed by atoms with van der Waals surface area (Å²) in [6, 6.07) is 13.9. The van der Waals surface area contributed by atoms with Gasteiger partial charge in [0.05, 0.1) is 17.8 Å². The normalized spacial score (nSPS) is 10.7. The van der Waals surface area contributed by atoms with Crippen LogP contribution in [0.5, 0.6) is 11.5 Å². The second-order valence-electron chi connectivity index (χ2n) is 8.54. The molecule has 0 radical (unpaired) electrons. The van der Waals surface area contributed by atoms with Crippen LogP contribution in [0.2, 0.25) is 5.02 Å². The zero-order valence-electron chi connectivity index (χ0n) is 21.1. The number of para-hydroxylation sites is 1. The monoisotopic (exact) mass is 551 g/mol. The molecule has 200 valence electrons. The van der Waals surface area contributed by atoms with E-state index in [9.17, 15) is 23.6 Å². The fourth-order valence-electron chi connectivity index (χ4n) is 3.80. The number of hydrogen-bond donors (Lipinski definition) is 2. The van der Waals surface area contributed by atoms with Gasteiger partial charge >= 0.3 is 0 Å². The van der Waals surface area contributed by atoms with Crippen molar-refractivity contribution >= 4 is 40.7 Å². The molecule has 0 saturated heterocycles. The third kappa shape index (κ3) is 5.88. The number of hydrogen-bond acceptors (Lipinski definition) is 6. The number of carbonyl (C=O) groups is 3. The van der Waals surface area contributed by atoms with Gasteiger partial charge in [0.15, 0.2) is 23.1 Å². The smallest absolute Gasteiger partial charge is 0.284 e. The Morgan fingerprint density at radius 3 is 2.44 bits per heavy atom. The molecule has 2 N–H and O–H groups in total. The maximum absolute atomic E-state index is 14.9. The van der Waals surface area contributed by atoms with Crippen molar-refractivity contribution in [3.8, 4) is 17.2 Å². The number of anilines is 2. The minimum absolute atomic E-state index is 0.00171. The Morgan fingerprint density at radius 1 is 1.05 bits per heavy atom. The van der Waals surface area contributed by atoms with E-state index in [4.69, 9.17) is 16.3 Å². The van der Waals surface area contributed by atoms with Crippen LogP contribution in [0.4, 0.5) is 15.9 Å². The van der Waals surface area contributed by atoms with Crippen LogP contribution in [0.25, 0.3) is 5.69 Å². The summed E-state index contributed by atoms with van der Waals surface area (Å²) in [7, 11) is 1.66. The molecule has 2 amide bonds. The Kier molecular flexibility index (Phi) is 7.91. The topological polar surface area (TPSA) is 124 Å². The van der Waals surface area contributed by atoms with Gasteiger partial charge in [0.1, 0.15) is 16.4 Å². The third-order valence-electron chi connectivity index (χ3n) is 5.71. The minimum atomic E-state index is -0.825. The summed E-state index contributed by atoms with van der Waals surface area (Å²) < 4.78 is 23.4. The summed E-state index contributed by atoms with van der Waals surface area (Å²) in [5.41, 5.74) is 0.524. The van der Waals surface area contributed by atoms with Crippen molar-refractivity contribution < 1.29 is 23.5 Å². The Labute approximate surface area is 227 Å². The molecule has 10 nitrogen and oxygen atoms in total. The number of pyridine rings is 1. The molecule has 0 atom stereocenters. The molecule has 0 saturated carbocycles. The van der Waals surface area contributed by atoms with Crippen molar-refractivity contribution in [1.29, 1.82) is 0 Å². The van der Waals surface area contributed by atoms with Crippen LogP contribution in [-0.4, -0.2) is 31.9 Å². The summed E-state index contributed by atoms with van der Waals surface area (Å²) in [6.07, 6.45) is 0.939. The van der Waals surface area contributed by atoms with Gasteiger partial charge in [-0.25, -0.2) is 14.1 Å². The highest BCUT2D eigenvalue weighted by Gasteiger charge is 2.23. The first-order valence-corrected chi connectivity index (χ1v) is 12.0. The lowest BCUT2D eigenvalue weighted by atomic mass is 10.2. The number of Topliss-reactive ketones (excluding diaryl/α,β-unsaturated/α-hetero) is 1. The molecular formula is C27H23ClFN5O5. The van der Waals surface area contributed by atoms with Crippen LogP contribution in [0.15, 0.2) is 65.6 Å². The van der Waals surface area contributed by atoms with E-state index in [1.165, 1.54) is 36.0 Å². The van der Waals surface area contributed by atoms with E-state index < -0.39 is 23.2 Å². The highest BCUT2D eigenvalue weighted by molar-refractivity contribution is 6.35. The second kappa shape index (κ2) is 11.3. The molecule has 0 unspecified atom stereocenters. The molecule has 0 bridgehead atoms. The van der Waals surface area contributed by atoms with Crippen LogP contribution in [-0.2, 0) is 16.6 Å². The predicted molar refractivity (Wildman–Crippen MR) is 143 cm³/mol. The number of nitrogens with one attached hydrogen (secondary N) is 2. The molecule has 2 aromatic heterocycles. The maximum Gasteiger partial charge on any atom is 0.284 e. The molecule has 0 aliphatic rings. The van der Waals surface area contributed by atoms with Crippen LogP contribution in [0, 0.1) is 12.7 Å². The van der Waals surface area contributed by atoms with Crippen LogP contribution in [0.3, 0.4) is 0 Å². The zero-order valence-corrected chi connectivity index (χ0v) is 21.9. The van der Waals surface area contributed by atoms with Gasteiger partial charge in [-0.1, -0.05) is 29.8 Å². The number of ketones is 1. The maximum atomic E-state index is 14.9. The molecule has 39 heavy (non-hydrogen) atoms. The van der Waals surface area contributed by atoms with E-state index in [2.05, 4.69) is 15.6 Å². The van der Waals surface area contributed by atoms with Gasteiger partial charge in [0, 0.05) is 31.1 Å². The summed E-state index contributed by atoms with van der Waals surface area (Å²) >= 11 is 6.25. The van der Waals surface area contributed by atoms with Gasteiger partial charge in [-0.3, -0.25) is 23.9 Å². The molecule has 12 heteroatoms. The van der Waals surface area contributed by atoms with Gasteiger partial charge in [-0.15, -0.1) is 0 Å². The molecule has 0 fully saturated rings. The van der Waals surface area contributed by atoms with Crippen molar-refractivity contribution in [1.82, 2.24) is 14.3 Å². The quantitative estimate of drug-likeness (QED) is 0.308. The number of nitrogens with zero attached hydrogens (tertiary/aromatic N) is 3. The van der Waals surface area contributed by atoms with Crippen molar-refractivity contribution in [2.45, 2.75) is 20.3 Å². The molecule has 4 rings (SSSR count). The fourth-order valence-corrected chi connectivity index (χ4v) is 4.00. The lowest BCUT2D eigenvalue weighted by Gasteiger charge is -2.12. The van der Waals surface area contributed by atoms with Crippen molar-refractivity contribution in [3.05, 3.63) is 93.2 Å². The van der Waals surface area contributed by atoms with Gasteiger partial charge in [0.25, 0.3) is 11.5 Å². The Morgan fingerprint density at radius 2 is 1.77 bits per heavy atom. The molecular weight excluding hydrogens is 529 g/mol. The van der Waals surface area contributed by atoms with E-state index >= 15 is 0 Å². The van der Waals surface area contributed by atoms with Crippen LogP contribution >= 0.6 is 11.6 Å². The summed E-state index contributed by atoms with van der Waals surface area (Å²) in [5, 5.41) is 4.85. The molecule has 2 heterocycles. The molecule has 0 aliphatic carbocycles. The SMILES string of the molecule is CC(=O)CC(=O)Nc1nccc(Oc2ccc(NC(=O)c3c(C)n(C)n(-c4ccccc4)c3=O)cc2F)c1Cl. The average molecular weight is 552 g/mol. The number of benzene rings is 2. The van der Waals surface area contributed by atoms with E-state index in [0.29, 0.717) is 11.4 Å². The Balaban J connectivity index is 1.53. The van der Waals surface area contributed by atoms with E-state index in [1.54, 1.807) is 42.9 Å². The number of carbonyl (C=O) groups excluding carboxylic acids is 3. The number of halogens is 2. The first-order valence-electron chi connectivity index (χ1n) is 11.6. The summed E-state index contributed by atoms with van der Waals surface area (Å²) in [6.45, 7) is 2.91.